The third-order valence-electron chi connectivity index (χ3n) is 6.69. The fraction of sp³-hybridized carbons (Fsp3) is 0.769. The maximum absolute atomic E-state index is 2.50. The molecule has 0 radical (unpaired) electrons. The first-order valence-electron chi connectivity index (χ1n) is 11.4. The van der Waals surface area contributed by atoms with Crippen molar-refractivity contribution in [2.45, 2.75) is 115 Å². The second-order valence-corrected chi connectivity index (χ2v) is 18.4. The third kappa shape index (κ3) is 6.29. The van der Waals surface area contributed by atoms with Crippen molar-refractivity contribution in [2.24, 2.45) is 11.8 Å². The van der Waals surface area contributed by atoms with Crippen molar-refractivity contribution < 1.29 is 0 Å². The Hall–Kier alpha value is 0.0800. The van der Waals surface area contributed by atoms with Gasteiger partial charge in [0.05, 0.1) is 0 Å². The molecule has 0 nitrogen and oxygen atoms in total. The van der Waals surface area contributed by atoms with Crippen LogP contribution in [0.4, 0.5) is 0 Å². The Morgan fingerprint density at radius 3 is 1.18 bits per heavy atom. The van der Waals surface area contributed by atoms with Gasteiger partial charge < -0.3 is 0 Å². The van der Waals surface area contributed by atoms with Crippen LogP contribution in [0.1, 0.15) is 92.2 Å². The first-order valence-corrected chi connectivity index (χ1v) is 13.4. The third-order valence-corrected chi connectivity index (χ3v) is 10.2. The molecular weight excluding hydrogens is 374 g/mol. The highest BCUT2D eigenvalue weighted by atomic mass is 31.1. The van der Waals surface area contributed by atoms with Gasteiger partial charge in [-0.15, -0.1) is 17.2 Å². The minimum absolute atomic E-state index is 0.514. The van der Waals surface area contributed by atoms with Crippen LogP contribution < -0.4 is 0 Å². The summed E-state index contributed by atoms with van der Waals surface area (Å²) in [5.74, 6) is 1.68. The quantitative estimate of drug-likeness (QED) is 0.434. The second-order valence-electron chi connectivity index (χ2n) is 12.5. The first kappa shape index (κ1) is 22.8. The number of hydrogen-bond donors (Lipinski definition) is 0. The van der Waals surface area contributed by atoms with Crippen molar-refractivity contribution in [1.29, 1.82) is 0 Å². The molecule has 3 rings (SSSR count). The zero-order valence-corrected chi connectivity index (χ0v) is 21.7. The topological polar surface area (TPSA) is 0 Å². The Balaban J connectivity index is 1.75. The molecule has 0 bridgehead atoms. The summed E-state index contributed by atoms with van der Waals surface area (Å²) in [6.07, 6.45) is 8.16. The largest absolute Gasteiger partial charge is 0.110 e. The van der Waals surface area contributed by atoms with Crippen molar-refractivity contribution in [3.8, 4) is 0 Å². The Bertz CT molecular complexity index is 592. The summed E-state index contributed by atoms with van der Waals surface area (Å²) in [7, 11) is 2.18. The highest BCUT2D eigenvalue weighted by molar-refractivity contribution is 7.42. The minimum Gasteiger partial charge on any atom is -0.110 e. The second kappa shape index (κ2) is 7.97. The van der Waals surface area contributed by atoms with Crippen molar-refractivity contribution in [2.75, 3.05) is 0 Å². The lowest BCUT2D eigenvalue weighted by Gasteiger charge is -2.46. The van der Waals surface area contributed by atoms with E-state index in [9.17, 15) is 0 Å². The molecule has 2 aliphatic rings. The van der Waals surface area contributed by atoms with E-state index >= 15 is 0 Å². The van der Waals surface area contributed by atoms with E-state index in [2.05, 4.69) is 79.7 Å². The van der Waals surface area contributed by atoms with Gasteiger partial charge in [-0.25, -0.2) is 0 Å². The fourth-order valence-electron chi connectivity index (χ4n) is 6.93. The summed E-state index contributed by atoms with van der Waals surface area (Å²) in [6.45, 7) is 20.0. The van der Waals surface area contributed by atoms with E-state index in [1.807, 2.05) is 0 Å². The van der Waals surface area contributed by atoms with Crippen LogP contribution in [-0.4, -0.2) is 20.6 Å². The Morgan fingerprint density at radius 2 is 0.893 bits per heavy atom. The van der Waals surface area contributed by atoms with E-state index in [0.29, 0.717) is 20.6 Å². The summed E-state index contributed by atoms with van der Waals surface area (Å²) in [4.78, 5) is 0. The van der Waals surface area contributed by atoms with Crippen molar-refractivity contribution in [3.05, 3.63) is 35.4 Å². The zero-order chi connectivity index (χ0) is 20.8. The van der Waals surface area contributed by atoms with E-state index in [1.165, 1.54) is 38.5 Å². The molecule has 0 unspecified atom stereocenters. The van der Waals surface area contributed by atoms with Gasteiger partial charge in [-0.05, 0) is 82.1 Å². The van der Waals surface area contributed by atoms with Gasteiger partial charge in [0, 0.05) is 0 Å². The molecule has 28 heavy (non-hydrogen) atoms. The van der Waals surface area contributed by atoms with E-state index in [4.69, 9.17) is 0 Å². The van der Waals surface area contributed by atoms with E-state index < -0.39 is 0 Å². The van der Waals surface area contributed by atoms with Gasteiger partial charge in [-0.3, -0.25) is 0 Å². The molecule has 2 fully saturated rings. The summed E-state index contributed by atoms with van der Waals surface area (Å²) in [5, 5.41) is 2.05. The standard InChI is InChI=1S/C26H44P2/c1-23(2)15-19(16-24(3,4)27-23)13-21-11-9-10-12-22(21)14-20-17-25(5,6)28-26(7,8)18-20/h9-12,19-20,27-28H,13-18H2,1-8H3. The number of rotatable bonds is 4. The molecule has 0 aliphatic carbocycles. The monoisotopic (exact) mass is 418 g/mol. The molecule has 0 spiro atoms. The molecule has 2 heterocycles. The highest BCUT2D eigenvalue weighted by Gasteiger charge is 2.40. The Morgan fingerprint density at radius 1 is 0.607 bits per heavy atom. The molecule has 1 aromatic rings. The van der Waals surface area contributed by atoms with Crippen LogP contribution in [0.25, 0.3) is 0 Å². The van der Waals surface area contributed by atoms with Gasteiger partial charge >= 0.3 is 0 Å². The van der Waals surface area contributed by atoms with Crippen molar-refractivity contribution in [1.82, 2.24) is 0 Å². The van der Waals surface area contributed by atoms with Gasteiger partial charge in [-0.2, -0.15) is 0 Å². The van der Waals surface area contributed by atoms with Crippen LogP contribution >= 0.6 is 17.2 Å². The van der Waals surface area contributed by atoms with Crippen LogP contribution in [0.2, 0.25) is 0 Å². The molecule has 2 aliphatic heterocycles. The van der Waals surface area contributed by atoms with Gasteiger partial charge in [0.15, 0.2) is 0 Å². The minimum atomic E-state index is 0.514. The summed E-state index contributed by atoms with van der Waals surface area (Å²) in [5.41, 5.74) is 3.29. The van der Waals surface area contributed by atoms with Crippen LogP contribution in [0.15, 0.2) is 24.3 Å². The normalized spacial score (nSPS) is 32.4. The average molecular weight is 419 g/mol. The first-order chi connectivity index (χ1) is 12.7. The lowest BCUT2D eigenvalue weighted by atomic mass is 9.79. The average Bonchev–Trinajstić information content (AvgIpc) is 2.42. The maximum atomic E-state index is 2.50. The van der Waals surface area contributed by atoms with Gasteiger partial charge in [0.1, 0.15) is 0 Å². The van der Waals surface area contributed by atoms with Crippen LogP contribution in [0.3, 0.4) is 0 Å². The van der Waals surface area contributed by atoms with Gasteiger partial charge in [0.2, 0.25) is 0 Å². The molecule has 0 aromatic heterocycles. The molecule has 0 saturated carbocycles. The van der Waals surface area contributed by atoms with Crippen LogP contribution in [0.5, 0.6) is 0 Å². The molecule has 0 atom stereocenters. The fourth-order valence-corrected chi connectivity index (χ4v) is 12.2. The molecule has 2 saturated heterocycles. The lowest BCUT2D eigenvalue weighted by Crippen LogP contribution is -2.36. The predicted octanol–water partition coefficient (Wildman–Crippen LogP) is 8.06. The van der Waals surface area contributed by atoms with Crippen LogP contribution in [0, 0.1) is 11.8 Å². The van der Waals surface area contributed by atoms with Gasteiger partial charge in [-0.1, -0.05) is 79.7 Å². The molecule has 0 N–H and O–H groups in total. The van der Waals surface area contributed by atoms with Crippen molar-refractivity contribution in [3.63, 3.8) is 0 Å². The van der Waals surface area contributed by atoms with Gasteiger partial charge in [0.25, 0.3) is 0 Å². The summed E-state index contributed by atoms with van der Waals surface area (Å²) < 4.78 is 0. The Kier molecular flexibility index (Phi) is 6.48. The SMILES string of the molecule is CC1(C)CC(Cc2ccccc2CC2CC(C)(C)PC(C)(C)C2)CC(C)(C)P1. The maximum Gasteiger partial charge on any atom is -0.0171 e. The lowest BCUT2D eigenvalue weighted by molar-refractivity contribution is 0.331. The summed E-state index contributed by atoms with van der Waals surface area (Å²) in [6, 6.07) is 9.42. The molecular formula is C26H44P2. The molecule has 1 aromatic carbocycles. The van der Waals surface area contributed by atoms with Crippen molar-refractivity contribution >= 4 is 17.2 Å². The van der Waals surface area contributed by atoms with Crippen LogP contribution in [-0.2, 0) is 12.8 Å². The highest BCUT2D eigenvalue weighted by Crippen LogP contribution is 2.56. The molecule has 2 heteroatoms. The molecule has 0 amide bonds. The van der Waals surface area contributed by atoms with E-state index in [-0.39, 0.29) is 0 Å². The number of hydrogen-bond acceptors (Lipinski definition) is 0. The smallest absolute Gasteiger partial charge is 0.0171 e. The van der Waals surface area contributed by atoms with E-state index in [1.54, 1.807) is 11.1 Å². The predicted molar refractivity (Wildman–Crippen MR) is 132 cm³/mol. The number of benzene rings is 1. The zero-order valence-electron chi connectivity index (χ0n) is 19.7. The Labute approximate surface area is 179 Å². The van der Waals surface area contributed by atoms with E-state index in [0.717, 1.165) is 29.0 Å². The summed E-state index contributed by atoms with van der Waals surface area (Å²) >= 11 is 0. The molecule has 158 valence electrons.